The van der Waals surface area contributed by atoms with Gasteiger partial charge in [0.25, 0.3) is 17.7 Å². The van der Waals surface area contributed by atoms with Crippen molar-refractivity contribution in [3.05, 3.63) is 47.3 Å². The minimum atomic E-state index is -0.828. The lowest BCUT2D eigenvalue weighted by Crippen LogP contribution is -2.65. The second-order valence-corrected chi connectivity index (χ2v) is 10.3. The molecule has 7 amide bonds. The largest absolute Gasteiger partial charge is 0.385 e. The standard InChI is InChI=1S/C25H30N6O5/c1-27-18(26)17-19(32)30(12-15-6-4-3-5-7-15)23(36)31(20(17)33)16-8-10-24(11-9-16)13-25(14-24)21(34)29(2)22(35)28-25/h3-7,16,27H,8-14,26H2,1-2H3,(H,28,35)/b18-17+. The molecule has 4 N–H and O–H groups in total. The molecule has 0 aromatic heterocycles. The Morgan fingerprint density at radius 2 is 1.69 bits per heavy atom. The number of nitrogens with one attached hydrogen (secondary N) is 2. The topological polar surface area (TPSA) is 145 Å². The number of amides is 7. The normalized spacial score (nSPS) is 31.8. The second kappa shape index (κ2) is 8.35. The minimum Gasteiger partial charge on any atom is -0.385 e. The SMILES string of the molecule is CN/C(N)=C1\C(=O)N(Cc2ccccc2)C(=O)N(C2CCC3(CC2)CC2(C3)NC(=O)N(C)C2=O)C1=O. The van der Waals surface area contributed by atoms with Gasteiger partial charge in [-0.25, -0.2) is 9.59 Å². The number of carbonyl (C=O) groups is 5. The summed E-state index contributed by atoms with van der Waals surface area (Å²) < 4.78 is 0. The van der Waals surface area contributed by atoms with Gasteiger partial charge in [-0.3, -0.25) is 29.1 Å². The van der Waals surface area contributed by atoms with Crippen molar-refractivity contribution in [1.82, 2.24) is 25.3 Å². The van der Waals surface area contributed by atoms with Crippen LogP contribution in [0.3, 0.4) is 0 Å². The van der Waals surface area contributed by atoms with Crippen LogP contribution in [0.25, 0.3) is 0 Å². The fourth-order valence-electron chi connectivity index (χ4n) is 6.28. The van der Waals surface area contributed by atoms with Crippen molar-refractivity contribution in [2.75, 3.05) is 14.1 Å². The Morgan fingerprint density at radius 1 is 1.06 bits per heavy atom. The van der Waals surface area contributed by atoms with E-state index in [1.165, 1.54) is 19.0 Å². The van der Waals surface area contributed by atoms with Crippen LogP contribution < -0.4 is 16.4 Å². The molecule has 5 rings (SSSR count). The number of urea groups is 2. The van der Waals surface area contributed by atoms with Crippen molar-refractivity contribution in [3.8, 4) is 0 Å². The predicted molar refractivity (Wildman–Crippen MR) is 127 cm³/mol. The molecule has 2 saturated heterocycles. The summed E-state index contributed by atoms with van der Waals surface area (Å²) in [6, 6.07) is 7.68. The first kappa shape index (κ1) is 23.8. The van der Waals surface area contributed by atoms with E-state index in [1.54, 1.807) is 0 Å². The van der Waals surface area contributed by atoms with Crippen LogP contribution in [0.2, 0.25) is 0 Å². The van der Waals surface area contributed by atoms with Gasteiger partial charge in [0.05, 0.1) is 6.54 Å². The fraction of sp³-hybridized carbons (Fsp3) is 0.480. The number of barbiturate groups is 1. The monoisotopic (exact) mass is 494 g/mol. The highest BCUT2D eigenvalue weighted by Crippen LogP contribution is 2.58. The molecule has 0 bridgehead atoms. The number of nitrogens with zero attached hydrogens (tertiary/aromatic N) is 3. The van der Waals surface area contributed by atoms with E-state index in [4.69, 9.17) is 5.73 Å². The van der Waals surface area contributed by atoms with Gasteiger partial charge in [-0.1, -0.05) is 30.3 Å². The molecule has 11 heteroatoms. The van der Waals surface area contributed by atoms with Crippen LogP contribution in [0.5, 0.6) is 0 Å². The van der Waals surface area contributed by atoms with E-state index in [1.807, 2.05) is 30.3 Å². The number of benzene rings is 1. The van der Waals surface area contributed by atoms with Crippen molar-refractivity contribution in [2.24, 2.45) is 11.1 Å². The molecule has 4 aliphatic rings. The van der Waals surface area contributed by atoms with Gasteiger partial charge in [0, 0.05) is 20.1 Å². The van der Waals surface area contributed by atoms with Crippen LogP contribution in [0, 0.1) is 5.41 Å². The Hall–Kier alpha value is -3.89. The molecular formula is C25H30N6O5. The number of carbonyl (C=O) groups excluding carboxylic acids is 5. The summed E-state index contributed by atoms with van der Waals surface area (Å²) in [5, 5.41) is 5.50. The van der Waals surface area contributed by atoms with Gasteiger partial charge in [0.1, 0.15) is 16.9 Å². The second-order valence-electron chi connectivity index (χ2n) is 10.3. The van der Waals surface area contributed by atoms with Crippen LogP contribution in [0.15, 0.2) is 41.7 Å². The number of hydrogen-bond donors (Lipinski definition) is 3. The lowest BCUT2D eigenvalue weighted by molar-refractivity contribution is -0.143. The molecule has 11 nitrogen and oxygen atoms in total. The van der Waals surface area contributed by atoms with E-state index in [0.29, 0.717) is 38.5 Å². The zero-order valence-corrected chi connectivity index (χ0v) is 20.4. The summed E-state index contributed by atoms with van der Waals surface area (Å²) in [4.78, 5) is 68.0. The molecular weight excluding hydrogens is 464 g/mol. The zero-order valence-electron chi connectivity index (χ0n) is 20.4. The van der Waals surface area contributed by atoms with E-state index in [-0.39, 0.29) is 35.3 Å². The summed E-state index contributed by atoms with van der Waals surface area (Å²) in [6.45, 7) is 0.0251. The van der Waals surface area contributed by atoms with Gasteiger partial charge in [0.2, 0.25) is 0 Å². The van der Waals surface area contributed by atoms with Gasteiger partial charge in [-0.15, -0.1) is 0 Å². The minimum absolute atomic E-state index is 0.0251. The lowest BCUT2D eigenvalue weighted by atomic mass is 9.51. The van der Waals surface area contributed by atoms with Gasteiger partial charge >= 0.3 is 12.1 Å². The van der Waals surface area contributed by atoms with Crippen molar-refractivity contribution in [3.63, 3.8) is 0 Å². The summed E-state index contributed by atoms with van der Waals surface area (Å²) in [7, 11) is 2.99. The highest BCUT2D eigenvalue weighted by Gasteiger charge is 2.64. The molecule has 1 aromatic rings. The number of nitrogens with two attached hydrogens (primary N) is 1. The molecule has 2 aliphatic carbocycles. The summed E-state index contributed by atoms with van der Waals surface area (Å²) in [5.74, 6) is -1.68. The number of likely N-dealkylation sites (N-methyl/N-ethyl adjacent to an activating group) is 1. The molecule has 2 spiro atoms. The molecule has 0 unspecified atom stereocenters. The van der Waals surface area contributed by atoms with Crippen LogP contribution >= 0.6 is 0 Å². The number of hydrogen-bond acceptors (Lipinski definition) is 7. The van der Waals surface area contributed by atoms with Gasteiger partial charge < -0.3 is 16.4 Å². The number of imide groups is 3. The van der Waals surface area contributed by atoms with Crippen LogP contribution in [0.1, 0.15) is 44.1 Å². The third kappa shape index (κ3) is 3.52. The smallest absolute Gasteiger partial charge is 0.334 e. The Kier molecular flexibility index (Phi) is 5.53. The van der Waals surface area contributed by atoms with Crippen molar-refractivity contribution in [1.29, 1.82) is 0 Å². The van der Waals surface area contributed by atoms with E-state index in [0.717, 1.165) is 15.4 Å². The van der Waals surface area contributed by atoms with E-state index < -0.39 is 29.4 Å². The van der Waals surface area contributed by atoms with Crippen LogP contribution in [-0.4, -0.2) is 70.2 Å². The summed E-state index contributed by atoms with van der Waals surface area (Å²) in [5.41, 5.74) is 5.56. The first-order valence-corrected chi connectivity index (χ1v) is 12.1. The predicted octanol–water partition coefficient (Wildman–Crippen LogP) is 1.01. The average Bonchev–Trinajstić information content (AvgIpc) is 3.07. The molecule has 2 saturated carbocycles. The molecule has 1 aromatic carbocycles. The van der Waals surface area contributed by atoms with Gasteiger partial charge in [0.15, 0.2) is 0 Å². The lowest BCUT2D eigenvalue weighted by Gasteiger charge is -2.56. The molecule has 4 fully saturated rings. The highest BCUT2D eigenvalue weighted by molar-refractivity contribution is 6.29. The Labute approximate surface area is 208 Å². The van der Waals surface area contributed by atoms with Crippen LogP contribution in [-0.2, 0) is 20.9 Å². The molecule has 0 radical (unpaired) electrons. The molecule has 0 atom stereocenters. The Bertz CT molecular complexity index is 1180. The first-order chi connectivity index (χ1) is 17.1. The van der Waals surface area contributed by atoms with E-state index in [9.17, 15) is 24.0 Å². The molecule has 2 heterocycles. The summed E-state index contributed by atoms with van der Waals surface area (Å²) >= 11 is 0. The zero-order chi connectivity index (χ0) is 25.8. The third-order valence-corrected chi connectivity index (χ3v) is 8.15. The van der Waals surface area contributed by atoms with Crippen molar-refractivity contribution < 1.29 is 24.0 Å². The van der Waals surface area contributed by atoms with E-state index in [2.05, 4.69) is 10.6 Å². The number of rotatable bonds is 4. The maximum atomic E-state index is 13.5. The fourth-order valence-corrected chi connectivity index (χ4v) is 6.28. The maximum absolute atomic E-state index is 13.5. The average molecular weight is 495 g/mol. The molecule has 36 heavy (non-hydrogen) atoms. The third-order valence-electron chi connectivity index (χ3n) is 8.15. The van der Waals surface area contributed by atoms with Gasteiger partial charge in [-0.2, -0.15) is 0 Å². The Morgan fingerprint density at radius 3 is 2.25 bits per heavy atom. The first-order valence-electron chi connectivity index (χ1n) is 12.1. The van der Waals surface area contributed by atoms with E-state index >= 15 is 0 Å². The Balaban J connectivity index is 1.35. The van der Waals surface area contributed by atoms with Crippen LogP contribution in [0.4, 0.5) is 9.59 Å². The quantitative estimate of drug-likeness (QED) is 0.322. The summed E-state index contributed by atoms with van der Waals surface area (Å²) in [6.07, 6.45) is 3.62. The molecule has 2 aliphatic heterocycles. The maximum Gasteiger partial charge on any atom is 0.334 e. The van der Waals surface area contributed by atoms with Crippen molar-refractivity contribution >= 4 is 29.8 Å². The molecule has 190 valence electrons. The highest BCUT2D eigenvalue weighted by atomic mass is 16.2. The van der Waals surface area contributed by atoms with Gasteiger partial charge in [-0.05, 0) is 49.5 Å². The van der Waals surface area contributed by atoms with Crippen molar-refractivity contribution in [2.45, 2.75) is 56.7 Å².